The Morgan fingerprint density at radius 2 is 2.24 bits per heavy atom. The van der Waals surface area contributed by atoms with E-state index in [0.717, 1.165) is 4.68 Å². The quantitative estimate of drug-likeness (QED) is 0.673. The van der Waals surface area contributed by atoms with Gasteiger partial charge in [-0.2, -0.15) is 4.68 Å². The smallest absolute Gasteiger partial charge is 0.365 e. The van der Waals surface area contributed by atoms with Crippen molar-refractivity contribution >= 4 is 5.71 Å². The maximum atomic E-state index is 13.1. The first-order valence-electron chi connectivity index (χ1n) is 6.04. The molecule has 0 saturated heterocycles. The van der Waals surface area contributed by atoms with Gasteiger partial charge in [-0.1, -0.05) is 17.3 Å². The number of alkyl halides is 2. The molecule has 0 amide bonds. The second kappa shape index (κ2) is 6.25. The van der Waals surface area contributed by atoms with Crippen LogP contribution < -0.4 is 5.69 Å². The summed E-state index contributed by atoms with van der Waals surface area (Å²) in [5, 5.41) is 12.7. The number of aromatic nitrogens is 4. The van der Waals surface area contributed by atoms with Gasteiger partial charge in [0.1, 0.15) is 6.61 Å². The average Bonchev–Trinajstić information content (AvgIpc) is 2.84. The normalized spacial score (nSPS) is 10.7. The van der Waals surface area contributed by atoms with Crippen molar-refractivity contribution in [1.29, 1.82) is 0 Å². The molecule has 1 aromatic heterocycles. The molecule has 1 aromatic carbocycles. The minimum atomic E-state index is -2.71. The molecule has 1 N–H and O–H groups in total. The summed E-state index contributed by atoms with van der Waals surface area (Å²) >= 11 is 0. The maximum absolute atomic E-state index is 13.1. The van der Waals surface area contributed by atoms with Crippen molar-refractivity contribution in [3.8, 4) is 5.69 Å². The number of oxime groups is 1. The lowest BCUT2D eigenvalue weighted by atomic mass is 10.1. The molecule has 2 rings (SSSR count). The van der Waals surface area contributed by atoms with E-state index < -0.39 is 12.1 Å². The number of rotatable bonds is 5. The highest BCUT2D eigenvalue weighted by Gasteiger charge is 2.19. The van der Waals surface area contributed by atoms with Crippen molar-refractivity contribution in [3.05, 3.63) is 39.8 Å². The second-order valence-corrected chi connectivity index (χ2v) is 4.38. The van der Waals surface area contributed by atoms with Crippen molar-refractivity contribution in [2.45, 2.75) is 26.9 Å². The first-order valence-corrected chi connectivity index (χ1v) is 6.04. The SMILES string of the molecule is CC(C)=NOCc1c(C(F)F)cccc1-n1nn[nH]c1=O. The zero-order valence-electron chi connectivity index (χ0n) is 11.4. The minimum absolute atomic E-state index is 0.133. The zero-order chi connectivity index (χ0) is 15.4. The van der Waals surface area contributed by atoms with Crippen LogP contribution in [-0.4, -0.2) is 25.9 Å². The fourth-order valence-corrected chi connectivity index (χ4v) is 1.73. The predicted octanol–water partition coefficient (Wildman–Crippen LogP) is 1.81. The highest BCUT2D eigenvalue weighted by atomic mass is 19.3. The average molecular weight is 297 g/mol. The largest absolute Gasteiger partial charge is 0.391 e. The number of hydrogen-bond acceptors (Lipinski definition) is 5. The van der Waals surface area contributed by atoms with Crippen molar-refractivity contribution in [1.82, 2.24) is 20.2 Å². The summed E-state index contributed by atoms with van der Waals surface area (Å²) < 4.78 is 27.1. The van der Waals surface area contributed by atoms with Crippen molar-refractivity contribution in [3.63, 3.8) is 0 Å². The van der Waals surface area contributed by atoms with E-state index in [1.807, 2.05) is 0 Å². The van der Waals surface area contributed by atoms with E-state index in [0.29, 0.717) is 5.71 Å². The monoisotopic (exact) mass is 297 g/mol. The van der Waals surface area contributed by atoms with Crippen molar-refractivity contribution < 1.29 is 13.6 Å². The van der Waals surface area contributed by atoms with Gasteiger partial charge in [-0.05, 0) is 30.3 Å². The van der Waals surface area contributed by atoms with Crippen LogP contribution in [0.3, 0.4) is 0 Å². The molecule has 2 aromatic rings. The van der Waals surface area contributed by atoms with Crippen LogP contribution in [0.1, 0.15) is 31.4 Å². The highest BCUT2D eigenvalue weighted by molar-refractivity contribution is 5.78. The number of nitrogens with zero attached hydrogens (tertiary/aromatic N) is 4. The Morgan fingerprint density at radius 1 is 1.48 bits per heavy atom. The van der Waals surface area contributed by atoms with Crippen LogP contribution in [0.25, 0.3) is 5.69 Å². The second-order valence-electron chi connectivity index (χ2n) is 4.38. The van der Waals surface area contributed by atoms with Gasteiger partial charge in [0.15, 0.2) is 0 Å². The van der Waals surface area contributed by atoms with E-state index in [4.69, 9.17) is 4.84 Å². The lowest BCUT2D eigenvalue weighted by Crippen LogP contribution is -2.18. The summed E-state index contributed by atoms with van der Waals surface area (Å²) in [5.74, 6) is 0. The van der Waals surface area contributed by atoms with Crippen LogP contribution in [0, 0.1) is 0 Å². The highest BCUT2D eigenvalue weighted by Crippen LogP contribution is 2.27. The van der Waals surface area contributed by atoms with Gasteiger partial charge < -0.3 is 4.84 Å². The van der Waals surface area contributed by atoms with Crippen LogP contribution >= 0.6 is 0 Å². The number of benzene rings is 1. The number of halogens is 2. The molecule has 9 heteroatoms. The summed E-state index contributed by atoms with van der Waals surface area (Å²) in [7, 11) is 0. The molecular weight excluding hydrogens is 284 g/mol. The van der Waals surface area contributed by atoms with E-state index in [1.165, 1.54) is 18.2 Å². The summed E-state index contributed by atoms with van der Waals surface area (Å²) in [6, 6.07) is 4.16. The Labute approximate surface area is 118 Å². The molecule has 0 radical (unpaired) electrons. The van der Waals surface area contributed by atoms with Crippen LogP contribution in [0.15, 0.2) is 28.1 Å². The molecule has 0 unspecified atom stereocenters. The third-order valence-corrected chi connectivity index (χ3v) is 2.58. The standard InChI is InChI=1S/C12H13F2N5O2/c1-7(2)16-21-6-9-8(11(13)14)4-3-5-10(9)19-12(20)15-17-18-19/h3-5,11H,6H2,1-2H3,(H,15,18,20). The lowest BCUT2D eigenvalue weighted by molar-refractivity contribution is 0.118. The molecule has 7 nitrogen and oxygen atoms in total. The van der Waals surface area contributed by atoms with E-state index in [9.17, 15) is 13.6 Å². The molecule has 0 aliphatic heterocycles. The van der Waals surface area contributed by atoms with Gasteiger partial charge in [0.2, 0.25) is 0 Å². The Hall–Kier alpha value is -2.58. The number of nitrogens with one attached hydrogen (secondary N) is 1. The minimum Gasteiger partial charge on any atom is -0.391 e. The topological polar surface area (TPSA) is 85.2 Å². The number of hydrogen-bond donors (Lipinski definition) is 1. The Morgan fingerprint density at radius 3 is 2.81 bits per heavy atom. The molecule has 0 spiro atoms. The predicted molar refractivity (Wildman–Crippen MR) is 70.5 cm³/mol. The molecule has 1 heterocycles. The fourth-order valence-electron chi connectivity index (χ4n) is 1.73. The van der Waals surface area contributed by atoms with Gasteiger partial charge in [-0.25, -0.2) is 18.7 Å². The molecule has 0 bridgehead atoms. The van der Waals surface area contributed by atoms with Crippen LogP contribution in [0.5, 0.6) is 0 Å². The van der Waals surface area contributed by atoms with E-state index in [-0.39, 0.29) is 23.4 Å². The Balaban J connectivity index is 2.49. The van der Waals surface area contributed by atoms with Gasteiger partial charge in [0.05, 0.1) is 11.4 Å². The van der Waals surface area contributed by atoms with Crippen LogP contribution in [-0.2, 0) is 11.4 Å². The molecule has 0 atom stereocenters. The Bertz CT molecular complexity index is 704. The molecular formula is C12H13F2N5O2. The fraction of sp³-hybridized carbons (Fsp3) is 0.333. The van der Waals surface area contributed by atoms with Crippen LogP contribution in [0.2, 0.25) is 0 Å². The van der Waals surface area contributed by atoms with Gasteiger partial charge in [-0.15, -0.1) is 0 Å². The summed E-state index contributed by atoms with van der Waals surface area (Å²) in [4.78, 5) is 16.6. The third kappa shape index (κ3) is 3.30. The van der Waals surface area contributed by atoms with Gasteiger partial charge in [0.25, 0.3) is 6.43 Å². The van der Waals surface area contributed by atoms with Gasteiger partial charge in [-0.3, -0.25) is 0 Å². The zero-order valence-corrected chi connectivity index (χ0v) is 11.4. The van der Waals surface area contributed by atoms with E-state index in [2.05, 4.69) is 20.7 Å². The molecule has 0 aliphatic carbocycles. The molecule has 0 saturated carbocycles. The van der Waals surface area contributed by atoms with E-state index >= 15 is 0 Å². The van der Waals surface area contributed by atoms with Crippen molar-refractivity contribution in [2.75, 3.05) is 0 Å². The summed E-state index contributed by atoms with van der Waals surface area (Å²) in [6.07, 6.45) is -2.71. The summed E-state index contributed by atoms with van der Waals surface area (Å²) in [5.41, 5.74) is 0.0814. The molecule has 0 aliphatic rings. The molecule has 0 fully saturated rings. The van der Waals surface area contributed by atoms with E-state index in [1.54, 1.807) is 13.8 Å². The van der Waals surface area contributed by atoms with Gasteiger partial charge in [0, 0.05) is 11.1 Å². The van der Waals surface area contributed by atoms with Crippen molar-refractivity contribution in [2.24, 2.45) is 5.16 Å². The lowest BCUT2D eigenvalue weighted by Gasteiger charge is -2.12. The van der Waals surface area contributed by atoms with Gasteiger partial charge >= 0.3 is 5.69 Å². The molecule has 112 valence electrons. The van der Waals surface area contributed by atoms with Crippen LogP contribution in [0.4, 0.5) is 8.78 Å². The number of aromatic amines is 1. The number of tetrazole rings is 1. The molecule has 21 heavy (non-hydrogen) atoms. The first kappa shape index (κ1) is 14.8. The maximum Gasteiger partial charge on any atom is 0.365 e. The Kier molecular flexibility index (Phi) is 4.41. The summed E-state index contributed by atoms with van der Waals surface area (Å²) in [6.45, 7) is 3.21. The first-order chi connectivity index (χ1) is 10.0. The number of H-pyrrole nitrogens is 1. The third-order valence-electron chi connectivity index (χ3n) is 2.58.